The molecule has 6 aromatic carbocycles. The van der Waals surface area contributed by atoms with Gasteiger partial charge in [0.25, 0.3) is 0 Å². The lowest BCUT2D eigenvalue weighted by atomic mass is 9.99. The van der Waals surface area contributed by atoms with Crippen LogP contribution in [-0.4, -0.2) is 22.6 Å². The summed E-state index contributed by atoms with van der Waals surface area (Å²) in [6.07, 6.45) is 7.35. The Bertz CT molecular complexity index is 2020. The molecular formula is C34H20N6. The average molecular weight is 513 g/mol. The van der Waals surface area contributed by atoms with Gasteiger partial charge in [0.15, 0.2) is 0 Å². The number of hydrogen-bond acceptors (Lipinski definition) is 6. The summed E-state index contributed by atoms with van der Waals surface area (Å²) in [7, 11) is 0. The van der Waals surface area contributed by atoms with Gasteiger partial charge >= 0.3 is 0 Å². The monoisotopic (exact) mass is 512 g/mol. The molecule has 7 aromatic rings. The van der Waals surface area contributed by atoms with Gasteiger partial charge in [0, 0.05) is 33.9 Å². The fourth-order valence-corrected chi connectivity index (χ4v) is 6.26. The molecule has 0 amide bonds. The maximum atomic E-state index is 4.94. The molecule has 0 saturated heterocycles. The van der Waals surface area contributed by atoms with Crippen LogP contribution in [0, 0.1) is 0 Å². The molecule has 0 saturated carbocycles. The Hall–Kier alpha value is -5.62. The Morgan fingerprint density at radius 2 is 0.900 bits per heavy atom. The van der Waals surface area contributed by atoms with Crippen molar-refractivity contribution in [2.75, 3.05) is 9.80 Å². The second-order valence-electron chi connectivity index (χ2n) is 10.0. The smallest absolute Gasteiger partial charge is 0.116 e. The zero-order valence-electron chi connectivity index (χ0n) is 21.2. The predicted molar refractivity (Wildman–Crippen MR) is 166 cm³/mol. The van der Waals surface area contributed by atoms with E-state index in [0.717, 1.165) is 77.5 Å². The minimum atomic E-state index is 0.804. The molecule has 0 aliphatic carbocycles. The van der Waals surface area contributed by atoms with E-state index in [1.165, 1.54) is 0 Å². The van der Waals surface area contributed by atoms with E-state index in [9.17, 15) is 0 Å². The molecule has 1 aromatic heterocycles. The highest BCUT2D eigenvalue weighted by molar-refractivity contribution is 6.27. The first-order chi connectivity index (χ1) is 19.9. The van der Waals surface area contributed by atoms with Crippen molar-refractivity contribution in [1.29, 1.82) is 0 Å². The van der Waals surface area contributed by atoms with Crippen LogP contribution in [0.25, 0.3) is 43.4 Å². The Balaban J connectivity index is 1.38. The molecule has 186 valence electrons. The van der Waals surface area contributed by atoms with Crippen LogP contribution in [0.3, 0.4) is 0 Å². The van der Waals surface area contributed by atoms with E-state index in [1.54, 1.807) is 12.4 Å². The van der Waals surface area contributed by atoms with Crippen LogP contribution in [0.1, 0.15) is 0 Å². The van der Waals surface area contributed by atoms with Crippen molar-refractivity contribution < 1.29 is 0 Å². The van der Waals surface area contributed by atoms with Crippen LogP contribution in [0.4, 0.5) is 34.1 Å². The average Bonchev–Trinajstić information content (AvgIpc) is 3.01. The Morgan fingerprint density at radius 3 is 1.38 bits per heavy atom. The third-order valence-corrected chi connectivity index (χ3v) is 7.93. The quantitative estimate of drug-likeness (QED) is 0.217. The molecule has 0 atom stereocenters. The predicted octanol–water partition coefficient (Wildman–Crippen LogP) is 8.71. The van der Waals surface area contributed by atoms with Gasteiger partial charge < -0.3 is 0 Å². The molecule has 0 spiro atoms. The summed E-state index contributed by atoms with van der Waals surface area (Å²) in [4.78, 5) is 23.9. The number of aromatic nitrogens is 2. The van der Waals surface area contributed by atoms with Crippen molar-refractivity contribution in [2.24, 2.45) is 9.98 Å². The molecule has 2 aliphatic rings. The number of aliphatic imine (C=N–C) groups is 2. The van der Waals surface area contributed by atoms with Crippen molar-refractivity contribution >= 4 is 90.2 Å². The molecule has 6 heteroatoms. The van der Waals surface area contributed by atoms with Crippen molar-refractivity contribution in [3.05, 3.63) is 109 Å². The van der Waals surface area contributed by atoms with Crippen LogP contribution in [0.5, 0.6) is 0 Å². The number of rotatable bonds is 2. The molecule has 2 aliphatic heterocycles. The lowest BCUT2D eigenvalue weighted by Crippen LogP contribution is -2.21. The molecule has 0 unspecified atom stereocenters. The zero-order chi connectivity index (χ0) is 26.2. The molecule has 40 heavy (non-hydrogen) atoms. The fourth-order valence-electron chi connectivity index (χ4n) is 6.26. The second kappa shape index (κ2) is 7.94. The second-order valence-corrected chi connectivity index (χ2v) is 10.0. The van der Waals surface area contributed by atoms with Crippen LogP contribution < -0.4 is 9.80 Å². The van der Waals surface area contributed by atoms with Gasteiger partial charge in [-0.05, 0) is 35.0 Å². The third-order valence-electron chi connectivity index (χ3n) is 7.93. The standard InChI is InChI=1S/C34H20N6/c1-2-12-24-23(11-1)33(39-19-37-25-13-3-7-21-9-5-15-27(39)29(21)25)31-32(36-18-17-35-31)34(24)40-20-38-26-14-4-8-22-10-6-16-28(40)30(22)26/h1-20H. The molecule has 0 radical (unpaired) electrons. The number of nitrogens with zero attached hydrogens (tertiary/aromatic N) is 6. The summed E-state index contributed by atoms with van der Waals surface area (Å²) in [6.45, 7) is 0. The Labute approximate surface area is 229 Å². The van der Waals surface area contributed by atoms with Crippen LogP contribution in [0.2, 0.25) is 0 Å². The van der Waals surface area contributed by atoms with E-state index in [2.05, 4.69) is 107 Å². The van der Waals surface area contributed by atoms with Gasteiger partial charge in [-0.25, -0.2) is 9.98 Å². The lowest BCUT2D eigenvalue weighted by molar-refractivity contribution is 1.27. The topological polar surface area (TPSA) is 57.0 Å². The number of hydrogen-bond donors (Lipinski definition) is 0. The Kier molecular flexibility index (Phi) is 4.24. The van der Waals surface area contributed by atoms with Crippen LogP contribution in [-0.2, 0) is 0 Å². The summed E-state index contributed by atoms with van der Waals surface area (Å²) < 4.78 is 0. The minimum absolute atomic E-state index is 0.804. The molecule has 3 heterocycles. The van der Waals surface area contributed by atoms with Crippen molar-refractivity contribution in [3.63, 3.8) is 0 Å². The van der Waals surface area contributed by atoms with E-state index in [1.807, 2.05) is 12.7 Å². The number of fused-ring (bicyclic) bond motifs is 2. The number of anilines is 4. The largest absolute Gasteiger partial charge is 0.297 e. The van der Waals surface area contributed by atoms with E-state index in [4.69, 9.17) is 20.0 Å². The third kappa shape index (κ3) is 2.82. The van der Waals surface area contributed by atoms with Crippen LogP contribution >= 0.6 is 0 Å². The van der Waals surface area contributed by atoms with Crippen molar-refractivity contribution in [3.8, 4) is 0 Å². The highest BCUT2D eigenvalue weighted by Gasteiger charge is 2.28. The van der Waals surface area contributed by atoms with Gasteiger partial charge in [0.1, 0.15) is 23.7 Å². The minimum Gasteiger partial charge on any atom is -0.297 e. The fraction of sp³-hybridized carbons (Fsp3) is 0. The first kappa shape index (κ1) is 21.3. The summed E-state index contributed by atoms with van der Waals surface area (Å²) in [5.41, 5.74) is 7.62. The SMILES string of the molecule is C1=Nc2cccc3cccc(c23)N1c1c2ccccc2c(N2C=Nc3cccc4cccc2c34)c2nccnc12. The van der Waals surface area contributed by atoms with Gasteiger partial charge in [-0.3, -0.25) is 19.8 Å². The first-order valence-electron chi connectivity index (χ1n) is 13.2. The zero-order valence-corrected chi connectivity index (χ0v) is 21.2. The molecule has 0 fully saturated rings. The van der Waals surface area contributed by atoms with Gasteiger partial charge in [0.05, 0.1) is 34.1 Å². The Morgan fingerprint density at radius 1 is 0.450 bits per heavy atom. The maximum Gasteiger partial charge on any atom is 0.116 e. The van der Waals surface area contributed by atoms with Gasteiger partial charge in [-0.15, -0.1) is 0 Å². The summed E-state index contributed by atoms with van der Waals surface area (Å²) in [5, 5.41) is 6.70. The molecule has 6 nitrogen and oxygen atoms in total. The lowest BCUT2D eigenvalue weighted by Gasteiger charge is -2.31. The van der Waals surface area contributed by atoms with E-state index in [0.29, 0.717) is 0 Å². The van der Waals surface area contributed by atoms with Gasteiger partial charge in [-0.2, -0.15) is 0 Å². The maximum absolute atomic E-state index is 4.94. The van der Waals surface area contributed by atoms with E-state index < -0.39 is 0 Å². The molecule has 0 N–H and O–H groups in total. The van der Waals surface area contributed by atoms with E-state index >= 15 is 0 Å². The first-order valence-corrected chi connectivity index (χ1v) is 13.2. The number of benzene rings is 6. The van der Waals surface area contributed by atoms with Crippen molar-refractivity contribution in [1.82, 2.24) is 9.97 Å². The van der Waals surface area contributed by atoms with E-state index in [-0.39, 0.29) is 0 Å². The van der Waals surface area contributed by atoms with Crippen molar-refractivity contribution in [2.45, 2.75) is 0 Å². The normalized spacial score (nSPS) is 13.7. The molecule has 9 rings (SSSR count). The van der Waals surface area contributed by atoms with Gasteiger partial charge in [-0.1, -0.05) is 72.8 Å². The summed E-state index contributed by atoms with van der Waals surface area (Å²) >= 11 is 0. The highest BCUT2D eigenvalue weighted by atomic mass is 15.2. The van der Waals surface area contributed by atoms with Gasteiger partial charge in [0.2, 0.25) is 0 Å². The van der Waals surface area contributed by atoms with Crippen LogP contribution in [0.15, 0.2) is 119 Å². The highest BCUT2D eigenvalue weighted by Crippen LogP contribution is 2.49. The molecule has 0 bridgehead atoms. The summed E-state index contributed by atoms with van der Waals surface area (Å²) in [6, 6.07) is 33.7. The summed E-state index contributed by atoms with van der Waals surface area (Å²) in [5.74, 6) is 0. The molecular weight excluding hydrogens is 492 g/mol.